The van der Waals surface area contributed by atoms with E-state index in [0.717, 1.165) is 44.4 Å². The zero-order valence-corrected chi connectivity index (χ0v) is 20.8. The molecule has 1 atom stereocenters. The molecule has 0 saturated carbocycles. The standard InChI is InChI=1S/C30H25ClN4O/c1-4-20-6-5-7-23(14-20)25-16-29(36)35(3)27-13-8-21(15-26(25)27)17-33-30(28-18-32-19-34(28)2)22-9-11-24(31)12-10-22/h1,5-16,18-19,30,33H,17H2,2-3H3. The molecule has 0 fully saturated rings. The zero-order chi connectivity index (χ0) is 25.2. The lowest BCUT2D eigenvalue weighted by molar-refractivity contribution is 0.573. The molecule has 2 aromatic heterocycles. The average molecular weight is 493 g/mol. The number of fused-ring (bicyclic) bond motifs is 1. The van der Waals surface area contributed by atoms with Gasteiger partial charge in [0.2, 0.25) is 0 Å². The Morgan fingerprint density at radius 3 is 2.58 bits per heavy atom. The smallest absolute Gasteiger partial charge is 0.251 e. The molecule has 178 valence electrons. The van der Waals surface area contributed by atoms with E-state index in [0.29, 0.717) is 11.6 Å². The molecule has 5 nitrogen and oxygen atoms in total. The van der Waals surface area contributed by atoms with E-state index >= 15 is 0 Å². The lowest BCUT2D eigenvalue weighted by Gasteiger charge is -2.20. The van der Waals surface area contributed by atoms with Gasteiger partial charge in [0.25, 0.3) is 5.56 Å². The van der Waals surface area contributed by atoms with E-state index in [1.165, 1.54) is 0 Å². The third kappa shape index (κ3) is 4.57. The van der Waals surface area contributed by atoms with Crippen molar-refractivity contribution >= 4 is 22.5 Å². The minimum atomic E-state index is -0.0719. The quantitative estimate of drug-likeness (QED) is 0.320. The van der Waals surface area contributed by atoms with Crippen LogP contribution < -0.4 is 10.9 Å². The van der Waals surface area contributed by atoms with Crippen molar-refractivity contribution < 1.29 is 0 Å². The lowest BCUT2D eigenvalue weighted by atomic mass is 9.97. The Balaban J connectivity index is 1.54. The molecule has 6 heteroatoms. The number of pyridine rings is 1. The van der Waals surface area contributed by atoms with Gasteiger partial charge in [-0.3, -0.25) is 4.79 Å². The van der Waals surface area contributed by atoms with Gasteiger partial charge in [0, 0.05) is 42.7 Å². The summed E-state index contributed by atoms with van der Waals surface area (Å²) in [5, 5.41) is 5.38. The van der Waals surface area contributed by atoms with Crippen LogP contribution in [0.2, 0.25) is 5.02 Å². The number of aryl methyl sites for hydroxylation is 2. The summed E-state index contributed by atoms with van der Waals surface area (Å²) in [5.74, 6) is 2.68. The van der Waals surface area contributed by atoms with Crippen LogP contribution in [-0.2, 0) is 20.6 Å². The van der Waals surface area contributed by atoms with E-state index in [4.69, 9.17) is 18.0 Å². The predicted octanol–water partition coefficient (Wildman–Crippen LogP) is 5.45. The third-order valence-corrected chi connectivity index (χ3v) is 6.77. The summed E-state index contributed by atoms with van der Waals surface area (Å²) >= 11 is 6.14. The fourth-order valence-electron chi connectivity index (χ4n) is 4.55. The molecular weight excluding hydrogens is 468 g/mol. The van der Waals surface area contributed by atoms with Gasteiger partial charge in [-0.1, -0.05) is 47.9 Å². The molecule has 36 heavy (non-hydrogen) atoms. The molecule has 0 amide bonds. The van der Waals surface area contributed by atoms with Gasteiger partial charge in [-0.05, 0) is 58.7 Å². The SMILES string of the molecule is C#Cc1cccc(-c2cc(=O)n(C)c3ccc(CNC(c4ccc(Cl)cc4)c4cncn4C)cc23)c1. The molecule has 1 N–H and O–H groups in total. The molecule has 5 aromatic rings. The maximum Gasteiger partial charge on any atom is 0.251 e. The first kappa shape index (κ1) is 23.6. The number of rotatable bonds is 6. The number of nitrogens with zero attached hydrogens (tertiary/aromatic N) is 3. The minimum absolute atomic E-state index is 0.0616. The Kier molecular flexibility index (Phi) is 6.47. The Hall–Kier alpha value is -4.11. The van der Waals surface area contributed by atoms with Gasteiger partial charge in [-0.15, -0.1) is 6.42 Å². The zero-order valence-electron chi connectivity index (χ0n) is 20.1. The van der Waals surface area contributed by atoms with Crippen molar-refractivity contribution in [1.82, 2.24) is 19.4 Å². The molecule has 3 aromatic carbocycles. The number of nitrogens with one attached hydrogen (secondary N) is 1. The minimum Gasteiger partial charge on any atom is -0.336 e. The van der Waals surface area contributed by atoms with E-state index in [2.05, 4.69) is 28.4 Å². The van der Waals surface area contributed by atoms with Crippen LogP contribution in [0.4, 0.5) is 0 Å². The Morgan fingerprint density at radius 1 is 1.06 bits per heavy atom. The first-order chi connectivity index (χ1) is 17.4. The van der Waals surface area contributed by atoms with Crippen molar-refractivity contribution in [2.24, 2.45) is 14.1 Å². The van der Waals surface area contributed by atoms with E-state index in [1.54, 1.807) is 24.0 Å². The summed E-state index contributed by atoms with van der Waals surface area (Å²) in [6.45, 7) is 0.612. The molecule has 5 rings (SSSR count). The van der Waals surface area contributed by atoms with Crippen molar-refractivity contribution in [3.63, 3.8) is 0 Å². The van der Waals surface area contributed by atoms with E-state index in [9.17, 15) is 4.79 Å². The molecule has 0 aliphatic carbocycles. The van der Waals surface area contributed by atoms with Crippen molar-refractivity contribution in [2.45, 2.75) is 12.6 Å². The second kappa shape index (κ2) is 9.87. The monoisotopic (exact) mass is 492 g/mol. The van der Waals surface area contributed by atoms with Crippen LogP contribution in [0.25, 0.3) is 22.0 Å². The van der Waals surface area contributed by atoms with Gasteiger partial charge in [-0.25, -0.2) is 4.98 Å². The van der Waals surface area contributed by atoms with Crippen molar-refractivity contribution in [3.8, 4) is 23.5 Å². The summed E-state index contributed by atoms with van der Waals surface area (Å²) in [6, 6.07) is 23.4. The maximum absolute atomic E-state index is 12.7. The van der Waals surface area contributed by atoms with Crippen molar-refractivity contribution in [1.29, 1.82) is 0 Å². The topological polar surface area (TPSA) is 51.9 Å². The summed E-state index contributed by atoms with van der Waals surface area (Å²) in [4.78, 5) is 17.0. The van der Waals surface area contributed by atoms with Gasteiger partial charge in [0.15, 0.2) is 0 Å². The molecule has 0 aliphatic rings. The van der Waals surface area contributed by atoms with Crippen LogP contribution in [0.1, 0.15) is 28.4 Å². The lowest BCUT2D eigenvalue weighted by Crippen LogP contribution is -2.24. The highest BCUT2D eigenvalue weighted by atomic mass is 35.5. The number of hydrogen-bond acceptors (Lipinski definition) is 3. The summed E-state index contributed by atoms with van der Waals surface area (Å²) in [7, 11) is 3.78. The predicted molar refractivity (Wildman–Crippen MR) is 146 cm³/mol. The van der Waals surface area contributed by atoms with Crippen LogP contribution in [0.3, 0.4) is 0 Å². The maximum atomic E-state index is 12.7. The highest BCUT2D eigenvalue weighted by Crippen LogP contribution is 2.29. The Bertz CT molecular complexity index is 1660. The molecule has 0 saturated heterocycles. The molecule has 0 spiro atoms. The summed E-state index contributed by atoms with van der Waals surface area (Å²) in [5.41, 5.74) is 6.62. The van der Waals surface area contributed by atoms with E-state index in [1.807, 2.05) is 72.4 Å². The van der Waals surface area contributed by atoms with Crippen LogP contribution >= 0.6 is 11.6 Å². The number of terminal acetylenes is 1. The second-order valence-electron chi connectivity index (χ2n) is 8.83. The molecule has 0 aliphatic heterocycles. The van der Waals surface area contributed by atoms with Crippen molar-refractivity contribution in [3.05, 3.63) is 123 Å². The van der Waals surface area contributed by atoms with Crippen LogP contribution in [0.15, 0.2) is 90.1 Å². The third-order valence-electron chi connectivity index (χ3n) is 6.51. The van der Waals surface area contributed by atoms with Gasteiger partial charge >= 0.3 is 0 Å². The van der Waals surface area contributed by atoms with Gasteiger partial charge in [0.1, 0.15) is 0 Å². The normalized spacial score (nSPS) is 11.9. The highest BCUT2D eigenvalue weighted by Gasteiger charge is 2.18. The second-order valence-corrected chi connectivity index (χ2v) is 9.26. The first-order valence-corrected chi connectivity index (χ1v) is 12.0. The molecular formula is C30H25ClN4O. The number of aromatic nitrogens is 3. The summed E-state index contributed by atoms with van der Waals surface area (Å²) in [6.07, 6.45) is 9.30. The average Bonchev–Trinajstić information content (AvgIpc) is 3.32. The number of hydrogen-bond donors (Lipinski definition) is 1. The molecule has 0 radical (unpaired) electrons. The van der Waals surface area contributed by atoms with Crippen LogP contribution in [0.5, 0.6) is 0 Å². The Morgan fingerprint density at radius 2 is 1.86 bits per heavy atom. The van der Waals surface area contributed by atoms with E-state index in [-0.39, 0.29) is 11.6 Å². The van der Waals surface area contributed by atoms with Crippen LogP contribution in [0, 0.1) is 12.3 Å². The molecule has 1 unspecified atom stereocenters. The van der Waals surface area contributed by atoms with E-state index < -0.39 is 0 Å². The fraction of sp³-hybridized carbons (Fsp3) is 0.133. The van der Waals surface area contributed by atoms with Gasteiger partial charge in [0.05, 0.1) is 29.8 Å². The molecule has 0 bridgehead atoms. The summed E-state index contributed by atoms with van der Waals surface area (Å²) < 4.78 is 3.69. The Labute approximate surface area is 215 Å². The highest BCUT2D eigenvalue weighted by molar-refractivity contribution is 6.30. The van der Waals surface area contributed by atoms with Crippen LogP contribution in [-0.4, -0.2) is 14.1 Å². The number of benzene rings is 3. The first-order valence-electron chi connectivity index (χ1n) is 11.6. The van der Waals surface area contributed by atoms with Gasteiger partial charge < -0.3 is 14.5 Å². The molecule has 2 heterocycles. The number of halogens is 1. The number of imidazole rings is 1. The largest absolute Gasteiger partial charge is 0.336 e. The fourth-order valence-corrected chi connectivity index (χ4v) is 4.67. The van der Waals surface area contributed by atoms with Crippen molar-refractivity contribution in [2.75, 3.05) is 0 Å². The van der Waals surface area contributed by atoms with Gasteiger partial charge in [-0.2, -0.15) is 0 Å².